The lowest BCUT2D eigenvalue weighted by atomic mass is 9.95. The van der Waals surface area contributed by atoms with Gasteiger partial charge in [0.1, 0.15) is 5.76 Å². The van der Waals surface area contributed by atoms with Gasteiger partial charge in [-0.05, 0) is 36.2 Å². The summed E-state index contributed by atoms with van der Waals surface area (Å²) in [5.41, 5.74) is 1.30. The largest absolute Gasteiger partial charge is 0.507 e. The van der Waals surface area contributed by atoms with E-state index in [1.54, 1.807) is 31.4 Å². The van der Waals surface area contributed by atoms with Gasteiger partial charge in [0.05, 0.1) is 11.6 Å². The molecule has 1 aliphatic rings. The third kappa shape index (κ3) is 3.89. The maximum absolute atomic E-state index is 12.7. The van der Waals surface area contributed by atoms with Gasteiger partial charge in [0, 0.05) is 30.8 Å². The molecule has 0 spiro atoms. The van der Waals surface area contributed by atoms with E-state index in [1.807, 2.05) is 30.3 Å². The summed E-state index contributed by atoms with van der Waals surface area (Å²) in [6.07, 6.45) is 0.591. The Morgan fingerprint density at radius 3 is 2.41 bits per heavy atom. The monoisotopic (exact) mass is 385 g/mol. The Kier molecular flexibility index (Phi) is 5.94. The van der Waals surface area contributed by atoms with E-state index in [0.717, 1.165) is 5.56 Å². The molecule has 0 radical (unpaired) electrons. The Labute approximate surface area is 162 Å². The summed E-state index contributed by atoms with van der Waals surface area (Å²) in [6, 6.07) is 15.1. The minimum atomic E-state index is -0.686. The van der Waals surface area contributed by atoms with Crippen LogP contribution in [-0.2, 0) is 14.3 Å². The topological polar surface area (TPSA) is 66.8 Å². The van der Waals surface area contributed by atoms with Gasteiger partial charge in [-0.15, -0.1) is 0 Å². The Hall–Kier alpha value is -2.63. The number of likely N-dealkylation sites (tertiary alicyclic amines) is 1. The first-order valence-electron chi connectivity index (χ1n) is 8.63. The van der Waals surface area contributed by atoms with E-state index >= 15 is 0 Å². The molecule has 1 fully saturated rings. The molecule has 1 saturated heterocycles. The molecular formula is C21H20ClNO4. The van der Waals surface area contributed by atoms with Crippen LogP contribution in [0.5, 0.6) is 0 Å². The van der Waals surface area contributed by atoms with Gasteiger partial charge in [-0.1, -0.05) is 41.9 Å². The van der Waals surface area contributed by atoms with Crippen LogP contribution in [-0.4, -0.2) is 42.0 Å². The predicted molar refractivity (Wildman–Crippen MR) is 103 cm³/mol. The summed E-state index contributed by atoms with van der Waals surface area (Å²) in [7, 11) is 1.59. The van der Waals surface area contributed by atoms with Crippen LogP contribution in [0.2, 0.25) is 5.02 Å². The fraction of sp³-hybridized carbons (Fsp3) is 0.238. The maximum atomic E-state index is 12.7. The van der Waals surface area contributed by atoms with Gasteiger partial charge < -0.3 is 14.7 Å². The third-order valence-electron chi connectivity index (χ3n) is 4.52. The zero-order chi connectivity index (χ0) is 19.4. The van der Waals surface area contributed by atoms with Crippen LogP contribution >= 0.6 is 11.6 Å². The van der Waals surface area contributed by atoms with Crippen LogP contribution in [0.25, 0.3) is 5.76 Å². The standard InChI is InChI=1S/C21H20ClNO4/c1-27-13-5-12-23-18(14-6-3-2-4-7-14)17(20(25)21(23)26)19(24)15-8-10-16(22)11-9-15/h2-4,6-11,18,24H,5,12-13H2,1H3/b19-17+. The lowest BCUT2D eigenvalue weighted by Crippen LogP contribution is -2.31. The third-order valence-corrected chi connectivity index (χ3v) is 4.77. The fourth-order valence-electron chi connectivity index (χ4n) is 3.24. The van der Waals surface area contributed by atoms with E-state index < -0.39 is 17.7 Å². The molecule has 1 aliphatic heterocycles. The second-order valence-electron chi connectivity index (χ2n) is 6.26. The molecule has 6 heteroatoms. The number of carbonyl (C=O) groups excluding carboxylic acids is 2. The molecule has 0 aliphatic carbocycles. The average molecular weight is 386 g/mol. The highest BCUT2D eigenvalue weighted by Crippen LogP contribution is 2.39. The van der Waals surface area contributed by atoms with Gasteiger partial charge in [0.15, 0.2) is 0 Å². The van der Waals surface area contributed by atoms with Crippen molar-refractivity contribution in [3.8, 4) is 0 Å². The molecule has 2 aromatic rings. The summed E-state index contributed by atoms with van der Waals surface area (Å²) in [5, 5.41) is 11.4. The molecule has 5 nitrogen and oxygen atoms in total. The molecule has 1 unspecified atom stereocenters. The van der Waals surface area contributed by atoms with Gasteiger partial charge in [-0.2, -0.15) is 0 Å². The maximum Gasteiger partial charge on any atom is 0.295 e. The number of ketones is 1. The number of carbonyl (C=O) groups is 2. The van der Waals surface area contributed by atoms with Crippen LogP contribution < -0.4 is 0 Å². The average Bonchev–Trinajstić information content (AvgIpc) is 2.94. The van der Waals surface area contributed by atoms with E-state index in [-0.39, 0.29) is 11.3 Å². The second-order valence-corrected chi connectivity index (χ2v) is 6.69. The molecule has 0 saturated carbocycles. The number of aliphatic hydroxyl groups is 1. The summed E-state index contributed by atoms with van der Waals surface area (Å²) < 4.78 is 5.06. The number of rotatable bonds is 6. The number of hydrogen-bond acceptors (Lipinski definition) is 4. The summed E-state index contributed by atoms with van der Waals surface area (Å²) in [4.78, 5) is 26.9. The Morgan fingerprint density at radius 1 is 1.11 bits per heavy atom. The van der Waals surface area contributed by atoms with Crippen molar-refractivity contribution in [2.75, 3.05) is 20.3 Å². The van der Waals surface area contributed by atoms with Crippen LogP contribution in [0.3, 0.4) is 0 Å². The smallest absolute Gasteiger partial charge is 0.295 e. The lowest BCUT2D eigenvalue weighted by molar-refractivity contribution is -0.140. The molecule has 3 rings (SSSR count). The number of benzene rings is 2. The number of amides is 1. The summed E-state index contributed by atoms with van der Waals surface area (Å²) >= 11 is 5.91. The molecular weight excluding hydrogens is 366 g/mol. The first-order valence-corrected chi connectivity index (χ1v) is 9.00. The molecule has 1 atom stereocenters. The number of ether oxygens (including phenoxy) is 1. The van der Waals surface area contributed by atoms with E-state index in [4.69, 9.17) is 16.3 Å². The van der Waals surface area contributed by atoms with E-state index in [9.17, 15) is 14.7 Å². The molecule has 27 heavy (non-hydrogen) atoms. The number of hydrogen-bond donors (Lipinski definition) is 1. The van der Waals surface area contributed by atoms with Crippen LogP contribution in [0.15, 0.2) is 60.2 Å². The van der Waals surface area contributed by atoms with Crippen molar-refractivity contribution in [3.63, 3.8) is 0 Å². The number of aliphatic hydroxyl groups excluding tert-OH is 1. The fourth-order valence-corrected chi connectivity index (χ4v) is 3.36. The highest BCUT2D eigenvalue weighted by molar-refractivity contribution is 6.46. The van der Waals surface area contributed by atoms with E-state index in [1.165, 1.54) is 4.90 Å². The molecule has 1 heterocycles. The summed E-state index contributed by atoms with van der Waals surface area (Å²) in [5.74, 6) is -1.50. The zero-order valence-corrected chi connectivity index (χ0v) is 15.6. The number of halogens is 1. The molecule has 1 N–H and O–H groups in total. The van der Waals surface area contributed by atoms with E-state index in [2.05, 4.69) is 0 Å². The lowest BCUT2D eigenvalue weighted by Gasteiger charge is -2.25. The molecule has 0 aromatic heterocycles. The quantitative estimate of drug-likeness (QED) is 0.355. The highest BCUT2D eigenvalue weighted by Gasteiger charge is 2.45. The molecule has 140 valence electrons. The minimum Gasteiger partial charge on any atom is -0.507 e. The van der Waals surface area contributed by atoms with Crippen molar-refractivity contribution in [3.05, 3.63) is 76.3 Å². The second kappa shape index (κ2) is 8.37. The minimum absolute atomic E-state index is 0.0888. The first kappa shape index (κ1) is 19.1. The first-order chi connectivity index (χ1) is 13.0. The Bertz CT molecular complexity index is 862. The van der Waals surface area contributed by atoms with E-state index in [0.29, 0.717) is 30.2 Å². The number of methoxy groups -OCH3 is 1. The van der Waals surface area contributed by atoms with Gasteiger partial charge in [-0.3, -0.25) is 9.59 Å². The Morgan fingerprint density at radius 2 is 1.78 bits per heavy atom. The molecule has 2 aromatic carbocycles. The van der Waals surface area contributed by atoms with Crippen LogP contribution in [0.1, 0.15) is 23.6 Å². The van der Waals surface area contributed by atoms with Crippen molar-refractivity contribution < 1.29 is 19.4 Å². The zero-order valence-electron chi connectivity index (χ0n) is 14.9. The number of Topliss-reactive ketones (excluding diaryl/α,β-unsaturated/α-hetero) is 1. The van der Waals surface area contributed by atoms with Crippen LogP contribution in [0.4, 0.5) is 0 Å². The number of nitrogens with zero attached hydrogens (tertiary/aromatic N) is 1. The van der Waals surface area contributed by atoms with Crippen LogP contribution in [0, 0.1) is 0 Å². The van der Waals surface area contributed by atoms with Gasteiger partial charge >= 0.3 is 0 Å². The highest BCUT2D eigenvalue weighted by atomic mass is 35.5. The molecule has 1 amide bonds. The van der Waals surface area contributed by atoms with Crippen molar-refractivity contribution in [2.24, 2.45) is 0 Å². The van der Waals surface area contributed by atoms with Gasteiger partial charge in [-0.25, -0.2) is 0 Å². The normalized spacial score (nSPS) is 18.9. The SMILES string of the molecule is COCCCN1C(=O)C(=O)/C(=C(/O)c2ccc(Cl)cc2)C1c1ccccc1. The summed E-state index contributed by atoms with van der Waals surface area (Å²) in [6.45, 7) is 0.830. The van der Waals surface area contributed by atoms with Crippen molar-refractivity contribution in [1.29, 1.82) is 0 Å². The van der Waals surface area contributed by atoms with Crippen molar-refractivity contribution >= 4 is 29.1 Å². The van der Waals surface area contributed by atoms with Gasteiger partial charge in [0.25, 0.3) is 11.7 Å². The molecule has 0 bridgehead atoms. The Balaban J connectivity index is 2.09. The van der Waals surface area contributed by atoms with Crippen molar-refractivity contribution in [1.82, 2.24) is 4.90 Å². The van der Waals surface area contributed by atoms with Gasteiger partial charge in [0.2, 0.25) is 0 Å². The van der Waals surface area contributed by atoms with Crippen molar-refractivity contribution in [2.45, 2.75) is 12.5 Å². The predicted octanol–water partition coefficient (Wildman–Crippen LogP) is 3.80.